The number of piperazine rings is 1. The number of nitrogens with one attached hydrogen (secondary N) is 3. The number of carbonyl (C=O) groups is 2. The van der Waals surface area contributed by atoms with E-state index in [0.29, 0.717) is 25.7 Å². The molecule has 1 fully saturated rings. The first-order valence-electron chi connectivity index (χ1n) is 6.05. The second-order valence-electron chi connectivity index (χ2n) is 4.36. The summed E-state index contributed by atoms with van der Waals surface area (Å²) in [6.45, 7) is 7.74. The van der Waals surface area contributed by atoms with Crippen LogP contribution in [-0.4, -0.2) is 62.0 Å². The highest BCUT2D eigenvalue weighted by molar-refractivity contribution is 5.78. The third-order valence-electron chi connectivity index (χ3n) is 2.81. The van der Waals surface area contributed by atoms with Gasteiger partial charge in [0.1, 0.15) is 0 Å². The Balaban J connectivity index is 2.13. The van der Waals surface area contributed by atoms with Crippen LogP contribution in [0.25, 0.3) is 0 Å². The maximum Gasteiger partial charge on any atom is 0.234 e. The zero-order chi connectivity index (χ0) is 12.7. The van der Waals surface area contributed by atoms with Crippen LogP contribution in [0.4, 0.5) is 0 Å². The van der Waals surface area contributed by atoms with Crippen LogP contribution in [0.5, 0.6) is 0 Å². The number of amides is 2. The van der Waals surface area contributed by atoms with Crippen molar-refractivity contribution in [2.24, 2.45) is 0 Å². The Labute approximate surface area is 102 Å². The van der Waals surface area contributed by atoms with Crippen molar-refractivity contribution in [1.82, 2.24) is 20.9 Å². The fraction of sp³-hybridized carbons (Fsp3) is 0.818. The average Bonchev–Trinajstić information content (AvgIpc) is 2.27. The first-order chi connectivity index (χ1) is 8.09. The number of carbonyl (C=O) groups excluding carboxylic acids is 2. The molecule has 0 radical (unpaired) electrons. The van der Waals surface area contributed by atoms with E-state index in [1.54, 1.807) is 0 Å². The summed E-state index contributed by atoms with van der Waals surface area (Å²) < 4.78 is 0. The van der Waals surface area contributed by atoms with Gasteiger partial charge >= 0.3 is 0 Å². The number of hydrogen-bond donors (Lipinski definition) is 3. The van der Waals surface area contributed by atoms with Gasteiger partial charge in [-0.2, -0.15) is 0 Å². The molecule has 17 heavy (non-hydrogen) atoms. The fourth-order valence-corrected chi connectivity index (χ4v) is 1.80. The van der Waals surface area contributed by atoms with Gasteiger partial charge in [0.15, 0.2) is 0 Å². The van der Waals surface area contributed by atoms with E-state index in [4.69, 9.17) is 0 Å². The maximum absolute atomic E-state index is 11.6. The van der Waals surface area contributed by atoms with Crippen LogP contribution in [-0.2, 0) is 9.59 Å². The molecule has 0 unspecified atom stereocenters. The van der Waals surface area contributed by atoms with Crippen LogP contribution in [0, 0.1) is 0 Å². The maximum atomic E-state index is 11.6. The third-order valence-corrected chi connectivity index (χ3v) is 2.81. The van der Waals surface area contributed by atoms with Crippen molar-refractivity contribution in [3.63, 3.8) is 0 Å². The molecule has 6 nitrogen and oxygen atoms in total. The van der Waals surface area contributed by atoms with E-state index in [0.717, 1.165) is 19.6 Å². The molecular weight excluding hydrogens is 220 g/mol. The zero-order valence-electron chi connectivity index (χ0n) is 10.6. The minimum atomic E-state index is -0.0741. The van der Waals surface area contributed by atoms with Gasteiger partial charge in [-0.1, -0.05) is 0 Å². The van der Waals surface area contributed by atoms with Crippen molar-refractivity contribution < 1.29 is 9.59 Å². The van der Waals surface area contributed by atoms with Crippen LogP contribution in [0.15, 0.2) is 0 Å². The van der Waals surface area contributed by atoms with E-state index in [1.165, 1.54) is 6.92 Å². The molecule has 0 aromatic heterocycles. The second kappa shape index (κ2) is 7.24. The summed E-state index contributed by atoms with van der Waals surface area (Å²) in [4.78, 5) is 24.4. The molecule has 6 heteroatoms. The minimum Gasteiger partial charge on any atom is -0.355 e. The molecular formula is C11H22N4O2. The quantitative estimate of drug-likeness (QED) is 0.515. The molecule has 0 aliphatic carbocycles. The topological polar surface area (TPSA) is 73.5 Å². The molecule has 0 aromatic carbocycles. The molecule has 98 valence electrons. The van der Waals surface area contributed by atoms with Crippen LogP contribution in [0.2, 0.25) is 0 Å². The SMILES string of the molecule is CC(=O)NCCNC(=O)CN1CCNC[C@@H]1C. The monoisotopic (exact) mass is 242 g/mol. The summed E-state index contributed by atoms with van der Waals surface area (Å²) >= 11 is 0. The van der Waals surface area contributed by atoms with Gasteiger partial charge < -0.3 is 16.0 Å². The summed E-state index contributed by atoms with van der Waals surface area (Å²) in [6.07, 6.45) is 0. The molecule has 1 aliphatic heterocycles. The highest BCUT2D eigenvalue weighted by Crippen LogP contribution is 2.00. The standard InChI is InChI=1S/C11H22N4O2/c1-9-7-12-5-6-15(9)8-11(17)14-4-3-13-10(2)16/h9,12H,3-8H2,1-2H3,(H,13,16)(H,14,17)/t9-/m0/s1. The lowest BCUT2D eigenvalue weighted by atomic mass is 10.2. The third kappa shape index (κ3) is 5.65. The van der Waals surface area contributed by atoms with E-state index in [2.05, 4.69) is 27.8 Å². The van der Waals surface area contributed by atoms with E-state index in [-0.39, 0.29) is 11.8 Å². The Morgan fingerprint density at radius 1 is 1.35 bits per heavy atom. The number of hydrogen-bond acceptors (Lipinski definition) is 4. The predicted molar refractivity (Wildman–Crippen MR) is 65.6 cm³/mol. The van der Waals surface area contributed by atoms with E-state index >= 15 is 0 Å². The largest absolute Gasteiger partial charge is 0.355 e. The first kappa shape index (κ1) is 13.9. The van der Waals surface area contributed by atoms with Gasteiger partial charge in [-0.05, 0) is 6.92 Å². The summed E-state index contributed by atoms with van der Waals surface area (Å²) in [5, 5.41) is 8.71. The van der Waals surface area contributed by atoms with Crippen molar-refractivity contribution in [3.8, 4) is 0 Å². The first-order valence-corrected chi connectivity index (χ1v) is 6.05. The van der Waals surface area contributed by atoms with Crippen molar-refractivity contribution in [1.29, 1.82) is 0 Å². The molecule has 2 amide bonds. The number of rotatable bonds is 5. The molecule has 1 saturated heterocycles. The van der Waals surface area contributed by atoms with Crippen LogP contribution in [0.3, 0.4) is 0 Å². The molecule has 0 aromatic rings. The zero-order valence-corrected chi connectivity index (χ0v) is 10.6. The lowest BCUT2D eigenvalue weighted by Crippen LogP contribution is -2.53. The second-order valence-corrected chi connectivity index (χ2v) is 4.36. The number of nitrogens with zero attached hydrogens (tertiary/aromatic N) is 1. The lowest BCUT2D eigenvalue weighted by Gasteiger charge is -2.33. The smallest absolute Gasteiger partial charge is 0.234 e. The fourth-order valence-electron chi connectivity index (χ4n) is 1.80. The summed E-state index contributed by atoms with van der Waals surface area (Å²) in [5.74, 6) is -0.0564. The summed E-state index contributed by atoms with van der Waals surface area (Å²) in [7, 11) is 0. The van der Waals surface area contributed by atoms with Gasteiger partial charge in [0.05, 0.1) is 6.54 Å². The van der Waals surface area contributed by atoms with Crippen molar-refractivity contribution in [2.45, 2.75) is 19.9 Å². The van der Waals surface area contributed by atoms with Crippen molar-refractivity contribution in [3.05, 3.63) is 0 Å². The van der Waals surface area contributed by atoms with Gasteiger partial charge in [-0.25, -0.2) is 0 Å². The van der Waals surface area contributed by atoms with Crippen LogP contribution in [0.1, 0.15) is 13.8 Å². The molecule has 1 atom stereocenters. The molecule has 1 heterocycles. The molecule has 0 spiro atoms. The van der Waals surface area contributed by atoms with Gasteiger partial charge in [-0.15, -0.1) is 0 Å². The van der Waals surface area contributed by atoms with Crippen LogP contribution < -0.4 is 16.0 Å². The highest BCUT2D eigenvalue weighted by atomic mass is 16.2. The Morgan fingerprint density at radius 2 is 2.06 bits per heavy atom. The van der Waals surface area contributed by atoms with Crippen LogP contribution >= 0.6 is 0 Å². The van der Waals surface area contributed by atoms with Crippen molar-refractivity contribution in [2.75, 3.05) is 39.3 Å². The normalized spacial score (nSPS) is 20.9. The molecule has 1 aliphatic rings. The Morgan fingerprint density at radius 3 is 2.71 bits per heavy atom. The Hall–Kier alpha value is -1.14. The lowest BCUT2D eigenvalue weighted by molar-refractivity contribution is -0.123. The predicted octanol–water partition coefficient (Wildman–Crippen LogP) is -1.47. The molecule has 1 rings (SSSR count). The average molecular weight is 242 g/mol. The van der Waals surface area contributed by atoms with E-state index < -0.39 is 0 Å². The van der Waals surface area contributed by atoms with Gasteiger partial charge in [0, 0.05) is 45.7 Å². The van der Waals surface area contributed by atoms with Gasteiger partial charge in [0.25, 0.3) is 0 Å². The van der Waals surface area contributed by atoms with E-state index in [9.17, 15) is 9.59 Å². The van der Waals surface area contributed by atoms with Gasteiger partial charge in [-0.3, -0.25) is 14.5 Å². The van der Waals surface area contributed by atoms with E-state index in [1.807, 2.05) is 0 Å². The minimum absolute atomic E-state index is 0.0177. The summed E-state index contributed by atoms with van der Waals surface area (Å²) in [5.41, 5.74) is 0. The van der Waals surface area contributed by atoms with Crippen molar-refractivity contribution >= 4 is 11.8 Å². The Kier molecular flexibility index (Phi) is 5.93. The molecule has 0 bridgehead atoms. The Bertz CT molecular complexity index is 270. The summed E-state index contributed by atoms with van der Waals surface area (Å²) in [6, 6.07) is 0.393. The molecule has 0 saturated carbocycles. The highest BCUT2D eigenvalue weighted by Gasteiger charge is 2.19. The van der Waals surface area contributed by atoms with Gasteiger partial charge in [0.2, 0.25) is 11.8 Å². The molecule has 3 N–H and O–H groups in total.